The van der Waals surface area contributed by atoms with Crippen molar-refractivity contribution in [1.82, 2.24) is 5.32 Å². The first-order chi connectivity index (χ1) is 8.19. The predicted molar refractivity (Wildman–Crippen MR) is 69.9 cm³/mol. The molecule has 1 fully saturated rings. The molecule has 0 aromatic heterocycles. The molecule has 1 atom stereocenters. The topological polar surface area (TPSA) is 29.1 Å². The van der Waals surface area contributed by atoms with E-state index in [1.807, 2.05) is 18.2 Å². The Labute approximate surface area is 103 Å². The molecule has 1 aliphatic carbocycles. The fourth-order valence-corrected chi connectivity index (χ4v) is 2.40. The highest BCUT2D eigenvalue weighted by Crippen LogP contribution is 2.48. The molecular formula is C15H21NO. The van der Waals surface area contributed by atoms with Gasteiger partial charge >= 0.3 is 0 Å². The number of nitrogens with one attached hydrogen (secondary N) is 1. The molecule has 0 spiro atoms. The highest BCUT2D eigenvalue weighted by atomic mass is 16.2. The summed E-state index contributed by atoms with van der Waals surface area (Å²) in [6.07, 6.45) is 4.14. The van der Waals surface area contributed by atoms with E-state index in [1.54, 1.807) is 0 Å². The second-order valence-corrected chi connectivity index (χ2v) is 5.11. The average Bonchev–Trinajstić information content (AvgIpc) is 3.11. The van der Waals surface area contributed by atoms with E-state index in [9.17, 15) is 4.79 Å². The molecule has 1 aromatic rings. The summed E-state index contributed by atoms with van der Waals surface area (Å²) in [7, 11) is 0. The molecule has 0 saturated heterocycles. The molecule has 1 amide bonds. The van der Waals surface area contributed by atoms with Crippen molar-refractivity contribution in [2.75, 3.05) is 0 Å². The summed E-state index contributed by atoms with van der Waals surface area (Å²) in [6.45, 7) is 4.23. The van der Waals surface area contributed by atoms with Crippen LogP contribution in [0.15, 0.2) is 30.3 Å². The molecule has 2 nitrogen and oxygen atoms in total. The minimum absolute atomic E-state index is 0.213. The summed E-state index contributed by atoms with van der Waals surface area (Å²) in [5, 5.41) is 3.14. The highest BCUT2D eigenvalue weighted by molar-refractivity contribution is 5.91. The molecule has 1 N–H and O–H groups in total. The Kier molecular flexibility index (Phi) is 3.51. The lowest BCUT2D eigenvalue weighted by molar-refractivity contribution is -0.124. The van der Waals surface area contributed by atoms with Crippen molar-refractivity contribution in [3.8, 4) is 0 Å². The molecule has 2 rings (SSSR count). The van der Waals surface area contributed by atoms with Crippen LogP contribution in [0.25, 0.3) is 0 Å². The van der Waals surface area contributed by atoms with Crippen molar-refractivity contribution < 1.29 is 4.79 Å². The summed E-state index contributed by atoms with van der Waals surface area (Å²) in [4.78, 5) is 12.3. The Hall–Kier alpha value is -1.31. The van der Waals surface area contributed by atoms with Gasteiger partial charge in [-0.3, -0.25) is 4.79 Å². The Bertz CT molecular complexity index is 381. The third-order valence-electron chi connectivity index (χ3n) is 3.61. The molecule has 0 heterocycles. The molecule has 1 saturated carbocycles. The van der Waals surface area contributed by atoms with Gasteiger partial charge in [-0.15, -0.1) is 0 Å². The van der Waals surface area contributed by atoms with Gasteiger partial charge in [0.1, 0.15) is 0 Å². The van der Waals surface area contributed by atoms with Crippen LogP contribution in [-0.2, 0) is 10.2 Å². The summed E-state index contributed by atoms with van der Waals surface area (Å²) >= 11 is 0. The minimum Gasteiger partial charge on any atom is -0.353 e. The van der Waals surface area contributed by atoms with Crippen LogP contribution in [0.3, 0.4) is 0 Å². The maximum absolute atomic E-state index is 12.3. The van der Waals surface area contributed by atoms with Gasteiger partial charge in [-0.05, 0) is 31.7 Å². The van der Waals surface area contributed by atoms with Gasteiger partial charge in [0.25, 0.3) is 0 Å². The van der Waals surface area contributed by atoms with Crippen LogP contribution in [-0.4, -0.2) is 11.9 Å². The smallest absolute Gasteiger partial charge is 0.230 e. The normalized spacial score (nSPS) is 18.5. The van der Waals surface area contributed by atoms with Crippen LogP contribution in [0, 0.1) is 0 Å². The van der Waals surface area contributed by atoms with E-state index >= 15 is 0 Å². The van der Waals surface area contributed by atoms with E-state index in [0.29, 0.717) is 0 Å². The third kappa shape index (κ3) is 2.51. The fraction of sp³-hybridized carbons (Fsp3) is 0.533. The first kappa shape index (κ1) is 12.2. The van der Waals surface area contributed by atoms with Gasteiger partial charge in [-0.2, -0.15) is 0 Å². The third-order valence-corrected chi connectivity index (χ3v) is 3.61. The van der Waals surface area contributed by atoms with Crippen molar-refractivity contribution in [1.29, 1.82) is 0 Å². The van der Waals surface area contributed by atoms with Crippen LogP contribution in [0.2, 0.25) is 0 Å². The van der Waals surface area contributed by atoms with Crippen molar-refractivity contribution in [2.45, 2.75) is 51.0 Å². The number of carbonyl (C=O) groups is 1. The summed E-state index contributed by atoms with van der Waals surface area (Å²) in [6, 6.07) is 10.4. The van der Waals surface area contributed by atoms with Gasteiger partial charge in [-0.1, -0.05) is 43.7 Å². The lowest BCUT2D eigenvalue weighted by Gasteiger charge is -2.19. The van der Waals surface area contributed by atoms with Gasteiger partial charge in [0.05, 0.1) is 5.41 Å². The molecular weight excluding hydrogens is 210 g/mol. The van der Waals surface area contributed by atoms with Crippen LogP contribution < -0.4 is 5.32 Å². The Balaban J connectivity index is 2.04. The van der Waals surface area contributed by atoms with Gasteiger partial charge < -0.3 is 5.32 Å². The lowest BCUT2D eigenvalue weighted by atomic mass is 9.94. The summed E-state index contributed by atoms with van der Waals surface area (Å²) < 4.78 is 0. The van der Waals surface area contributed by atoms with E-state index in [2.05, 4.69) is 31.3 Å². The van der Waals surface area contributed by atoms with Crippen LogP contribution in [0.1, 0.15) is 45.1 Å². The van der Waals surface area contributed by atoms with E-state index < -0.39 is 0 Å². The number of amides is 1. The molecule has 0 bridgehead atoms. The maximum Gasteiger partial charge on any atom is 0.230 e. The number of hydrogen-bond acceptors (Lipinski definition) is 1. The largest absolute Gasteiger partial charge is 0.353 e. The lowest BCUT2D eigenvalue weighted by Crippen LogP contribution is -2.40. The first-order valence-electron chi connectivity index (χ1n) is 6.55. The predicted octanol–water partition coefficient (Wildman–Crippen LogP) is 3.02. The van der Waals surface area contributed by atoms with Crippen molar-refractivity contribution in [3.63, 3.8) is 0 Å². The number of hydrogen-bond donors (Lipinski definition) is 1. The molecule has 92 valence electrons. The average molecular weight is 231 g/mol. The standard InChI is InChI=1S/C15H21NO/c1-3-7-12(2)16-14(17)15(10-11-15)13-8-5-4-6-9-13/h4-6,8-9,12H,3,7,10-11H2,1-2H3,(H,16,17)/t12-/m1/s1. The monoisotopic (exact) mass is 231 g/mol. The Morgan fingerprint density at radius 1 is 1.35 bits per heavy atom. The quantitative estimate of drug-likeness (QED) is 0.829. The summed E-state index contributed by atoms with van der Waals surface area (Å²) in [5.41, 5.74) is 0.949. The Morgan fingerprint density at radius 2 is 2.00 bits per heavy atom. The second-order valence-electron chi connectivity index (χ2n) is 5.11. The molecule has 17 heavy (non-hydrogen) atoms. The highest BCUT2D eigenvalue weighted by Gasteiger charge is 2.51. The van der Waals surface area contributed by atoms with Gasteiger partial charge in [-0.25, -0.2) is 0 Å². The van der Waals surface area contributed by atoms with E-state index in [4.69, 9.17) is 0 Å². The molecule has 0 aliphatic heterocycles. The zero-order chi connectivity index (χ0) is 12.3. The zero-order valence-electron chi connectivity index (χ0n) is 10.7. The van der Waals surface area contributed by atoms with Gasteiger partial charge in [0.2, 0.25) is 5.91 Å². The molecule has 0 unspecified atom stereocenters. The zero-order valence-corrected chi connectivity index (χ0v) is 10.7. The number of carbonyl (C=O) groups excluding carboxylic acids is 1. The number of rotatable bonds is 5. The molecule has 1 aliphatic rings. The van der Waals surface area contributed by atoms with Crippen molar-refractivity contribution >= 4 is 5.91 Å². The Morgan fingerprint density at radius 3 is 2.53 bits per heavy atom. The number of benzene rings is 1. The van der Waals surface area contributed by atoms with E-state index in [-0.39, 0.29) is 17.4 Å². The minimum atomic E-state index is -0.219. The molecule has 1 aromatic carbocycles. The first-order valence-corrected chi connectivity index (χ1v) is 6.55. The van der Waals surface area contributed by atoms with E-state index in [1.165, 1.54) is 5.56 Å². The fourth-order valence-electron chi connectivity index (χ4n) is 2.40. The molecule has 2 heteroatoms. The summed E-state index contributed by atoms with van der Waals surface area (Å²) in [5.74, 6) is 0.213. The van der Waals surface area contributed by atoms with Gasteiger partial charge in [0, 0.05) is 6.04 Å². The molecule has 0 radical (unpaired) electrons. The maximum atomic E-state index is 12.3. The second kappa shape index (κ2) is 4.91. The van der Waals surface area contributed by atoms with Crippen LogP contribution >= 0.6 is 0 Å². The van der Waals surface area contributed by atoms with Gasteiger partial charge in [0.15, 0.2) is 0 Å². The van der Waals surface area contributed by atoms with Crippen molar-refractivity contribution in [3.05, 3.63) is 35.9 Å². The van der Waals surface area contributed by atoms with Crippen LogP contribution in [0.5, 0.6) is 0 Å². The van der Waals surface area contributed by atoms with Crippen molar-refractivity contribution in [2.24, 2.45) is 0 Å². The SMILES string of the molecule is CCC[C@@H](C)NC(=O)C1(c2ccccc2)CC1. The van der Waals surface area contributed by atoms with Crippen LogP contribution in [0.4, 0.5) is 0 Å². The van der Waals surface area contributed by atoms with E-state index in [0.717, 1.165) is 25.7 Å².